The maximum atomic E-state index is 13.9. The molecule has 0 aliphatic carbocycles. The van der Waals surface area contributed by atoms with Crippen molar-refractivity contribution in [3.63, 3.8) is 0 Å². The fourth-order valence-corrected chi connectivity index (χ4v) is 3.45. The highest BCUT2D eigenvalue weighted by molar-refractivity contribution is 5.97. The molecule has 0 N–H and O–H groups in total. The van der Waals surface area contributed by atoms with Crippen LogP contribution in [0.25, 0.3) is 11.3 Å². The third kappa shape index (κ3) is 4.28. The predicted octanol–water partition coefficient (Wildman–Crippen LogP) is 3.30. The number of oxazole rings is 1. The molecule has 31 heavy (non-hydrogen) atoms. The van der Waals surface area contributed by atoms with Gasteiger partial charge in [0.15, 0.2) is 17.8 Å². The third-order valence-corrected chi connectivity index (χ3v) is 5.04. The Balaban J connectivity index is 1.48. The summed E-state index contributed by atoms with van der Waals surface area (Å²) in [4.78, 5) is 32.6. The molecule has 1 aromatic heterocycles. The Bertz CT molecular complexity index is 1110. The van der Waals surface area contributed by atoms with E-state index in [1.54, 1.807) is 55.4 Å². The van der Waals surface area contributed by atoms with E-state index in [0.717, 1.165) is 0 Å². The number of fused-ring (bicyclic) bond motifs is 1. The zero-order valence-corrected chi connectivity index (χ0v) is 17.2. The van der Waals surface area contributed by atoms with Crippen LogP contribution in [-0.2, 0) is 16.0 Å². The zero-order valence-electron chi connectivity index (χ0n) is 17.2. The highest BCUT2D eigenvalue weighted by Gasteiger charge is 2.34. The number of likely N-dealkylation sites (N-methyl/N-ethyl adjacent to an activating group) is 1. The van der Waals surface area contributed by atoms with Crippen LogP contribution in [-0.4, -0.2) is 48.4 Å². The van der Waals surface area contributed by atoms with Crippen LogP contribution in [0.5, 0.6) is 5.75 Å². The van der Waals surface area contributed by atoms with E-state index in [0.29, 0.717) is 28.7 Å². The van der Waals surface area contributed by atoms with Crippen LogP contribution >= 0.6 is 0 Å². The molecule has 7 nitrogen and oxygen atoms in total. The Morgan fingerprint density at radius 1 is 1.16 bits per heavy atom. The predicted molar refractivity (Wildman–Crippen MR) is 112 cm³/mol. The largest absolute Gasteiger partial charge is 0.476 e. The number of amides is 2. The standard InChI is InChI=1S/C23H22FN3O4/c1-26(2)23(29)20-14-27(17-9-5-6-10-18(17)30-20)22(28)12-11-21-25-13-19(31-21)15-7-3-4-8-16(15)24/h3-10,13,20H,11-12,14H2,1-2H3. The number of anilines is 1. The van der Waals surface area contributed by atoms with Crippen LogP contribution < -0.4 is 9.64 Å². The van der Waals surface area contributed by atoms with E-state index in [4.69, 9.17) is 9.15 Å². The SMILES string of the molecule is CN(C)C(=O)C1CN(C(=O)CCc2ncc(-c3ccccc3F)o2)c2ccccc2O1. The molecule has 0 bridgehead atoms. The molecule has 2 amide bonds. The van der Waals surface area contributed by atoms with Crippen molar-refractivity contribution in [2.75, 3.05) is 25.5 Å². The van der Waals surface area contributed by atoms with Crippen LogP contribution in [0.2, 0.25) is 0 Å². The second-order valence-corrected chi connectivity index (χ2v) is 7.41. The molecule has 0 radical (unpaired) electrons. The number of para-hydroxylation sites is 2. The summed E-state index contributed by atoms with van der Waals surface area (Å²) in [7, 11) is 3.29. The van der Waals surface area contributed by atoms with Crippen LogP contribution in [0.4, 0.5) is 10.1 Å². The molecule has 2 heterocycles. The molecule has 1 aliphatic heterocycles. The second kappa shape index (κ2) is 8.59. The van der Waals surface area contributed by atoms with Gasteiger partial charge in [-0.15, -0.1) is 0 Å². The van der Waals surface area contributed by atoms with E-state index < -0.39 is 11.9 Å². The minimum absolute atomic E-state index is 0.119. The number of hydrogen-bond donors (Lipinski definition) is 0. The van der Waals surface area contributed by atoms with Gasteiger partial charge in [-0.25, -0.2) is 9.37 Å². The summed E-state index contributed by atoms with van der Waals surface area (Å²) >= 11 is 0. The van der Waals surface area contributed by atoms with Gasteiger partial charge in [0.2, 0.25) is 5.91 Å². The van der Waals surface area contributed by atoms with E-state index in [-0.39, 0.29) is 31.2 Å². The van der Waals surface area contributed by atoms with Crippen molar-refractivity contribution in [3.8, 4) is 17.1 Å². The number of nitrogens with zero attached hydrogens (tertiary/aromatic N) is 3. The summed E-state index contributed by atoms with van der Waals surface area (Å²) < 4.78 is 25.4. The van der Waals surface area contributed by atoms with Gasteiger partial charge >= 0.3 is 0 Å². The molecule has 0 saturated carbocycles. The first-order valence-corrected chi connectivity index (χ1v) is 9.91. The van der Waals surface area contributed by atoms with E-state index in [9.17, 15) is 14.0 Å². The van der Waals surface area contributed by atoms with Gasteiger partial charge in [0, 0.05) is 26.9 Å². The van der Waals surface area contributed by atoms with Crippen molar-refractivity contribution in [3.05, 3.63) is 66.4 Å². The number of benzene rings is 2. The minimum Gasteiger partial charge on any atom is -0.476 e. The molecule has 0 fully saturated rings. The Kier molecular flexibility index (Phi) is 5.70. The normalized spacial score (nSPS) is 15.2. The molecule has 1 aliphatic rings. The molecule has 3 aromatic rings. The summed E-state index contributed by atoms with van der Waals surface area (Å²) in [5.41, 5.74) is 0.939. The van der Waals surface area contributed by atoms with Crippen molar-refractivity contribution in [2.24, 2.45) is 0 Å². The van der Waals surface area contributed by atoms with Crippen molar-refractivity contribution < 1.29 is 23.1 Å². The first-order valence-electron chi connectivity index (χ1n) is 9.91. The molecule has 1 unspecified atom stereocenters. The number of carbonyl (C=O) groups is 2. The fraction of sp³-hybridized carbons (Fsp3) is 0.261. The molecule has 2 aromatic carbocycles. The van der Waals surface area contributed by atoms with Crippen LogP contribution in [0.1, 0.15) is 12.3 Å². The van der Waals surface area contributed by atoms with Gasteiger partial charge in [0.05, 0.1) is 24.0 Å². The number of aryl methyl sites for hydroxylation is 1. The lowest BCUT2D eigenvalue weighted by molar-refractivity contribution is -0.136. The summed E-state index contributed by atoms with van der Waals surface area (Å²) in [6.45, 7) is 0.124. The number of hydrogen-bond acceptors (Lipinski definition) is 5. The fourth-order valence-electron chi connectivity index (χ4n) is 3.45. The highest BCUT2D eigenvalue weighted by atomic mass is 19.1. The van der Waals surface area contributed by atoms with E-state index >= 15 is 0 Å². The average Bonchev–Trinajstić information content (AvgIpc) is 3.25. The first-order chi connectivity index (χ1) is 14.9. The van der Waals surface area contributed by atoms with Gasteiger partial charge in [-0.1, -0.05) is 24.3 Å². The number of ether oxygens (including phenoxy) is 1. The molecule has 4 rings (SSSR count). The lowest BCUT2D eigenvalue weighted by Gasteiger charge is -2.35. The maximum absolute atomic E-state index is 13.9. The van der Waals surface area contributed by atoms with E-state index in [1.165, 1.54) is 17.2 Å². The van der Waals surface area contributed by atoms with Crippen LogP contribution in [0.3, 0.4) is 0 Å². The smallest absolute Gasteiger partial charge is 0.265 e. The molecule has 1 atom stereocenters. The number of aromatic nitrogens is 1. The molecular weight excluding hydrogens is 401 g/mol. The first kappa shape index (κ1) is 20.6. The molecule has 160 valence electrons. The summed E-state index contributed by atoms with van der Waals surface area (Å²) in [5.74, 6) is 0.346. The Hall–Kier alpha value is -3.68. The third-order valence-electron chi connectivity index (χ3n) is 5.04. The van der Waals surface area contributed by atoms with Gasteiger partial charge in [-0.05, 0) is 24.3 Å². The van der Waals surface area contributed by atoms with Crippen molar-refractivity contribution in [1.29, 1.82) is 0 Å². The quantitative estimate of drug-likeness (QED) is 0.630. The maximum Gasteiger partial charge on any atom is 0.265 e. The molecule has 0 saturated heterocycles. The Labute approximate surface area is 179 Å². The summed E-state index contributed by atoms with van der Waals surface area (Å²) in [6.07, 6.45) is 1.05. The summed E-state index contributed by atoms with van der Waals surface area (Å²) in [5, 5.41) is 0. The summed E-state index contributed by atoms with van der Waals surface area (Å²) in [6, 6.07) is 13.4. The van der Waals surface area contributed by atoms with Crippen molar-refractivity contribution in [1.82, 2.24) is 9.88 Å². The van der Waals surface area contributed by atoms with E-state index in [2.05, 4.69) is 4.98 Å². The highest BCUT2D eigenvalue weighted by Crippen LogP contribution is 2.34. The van der Waals surface area contributed by atoms with Gasteiger partial charge < -0.3 is 19.0 Å². The monoisotopic (exact) mass is 423 g/mol. The second-order valence-electron chi connectivity index (χ2n) is 7.41. The van der Waals surface area contributed by atoms with Gasteiger partial charge in [-0.3, -0.25) is 9.59 Å². The van der Waals surface area contributed by atoms with Gasteiger partial charge in [-0.2, -0.15) is 0 Å². The van der Waals surface area contributed by atoms with Crippen LogP contribution in [0, 0.1) is 5.82 Å². The van der Waals surface area contributed by atoms with Crippen molar-refractivity contribution in [2.45, 2.75) is 18.9 Å². The molecule has 0 spiro atoms. The Morgan fingerprint density at radius 2 is 1.90 bits per heavy atom. The number of carbonyl (C=O) groups excluding carboxylic acids is 2. The average molecular weight is 423 g/mol. The van der Waals surface area contributed by atoms with E-state index in [1.807, 2.05) is 6.07 Å². The van der Waals surface area contributed by atoms with Gasteiger partial charge in [0.25, 0.3) is 5.91 Å². The zero-order chi connectivity index (χ0) is 22.0. The lowest BCUT2D eigenvalue weighted by Crippen LogP contribution is -2.50. The number of halogens is 1. The van der Waals surface area contributed by atoms with Crippen molar-refractivity contribution >= 4 is 17.5 Å². The minimum atomic E-state index is -0.775. The van der Waals surface area contributed by atoms with Gasteiger partial charge in [0.1, 0.15) is 11.6 Å². The topological polar surface area (TPSA) is 75.9 Å². The molecular formula is C23H22FN3O4. The Morgan fingerprint density at radius 3 is 2.68 bits per heavy atom. The number of rotatable bonds is 5. The van der Waals surface area contributed by atoms with Crippen LogP contribution in [0.15, 0.2) is 59.1 Å². The molecule has 8 heteroatoms. The lowest BCUT2D eigenvalue weighted by atomic mass is 10.1.